The molecule has 0 fully saturated rings. The largest absolute Gasteiger partial charge is 0.494 e. The van der Waals surface area contributed by atoms with Crippen LogP contribution in [0.1, 0.15) is 26.2 Å². The van der Waals surface area contributed by atoms with E-state index in [4.69, 9.17) is 9.15 Å². The lowest BCUT2D eigenvalue weighted by Crippen LogP contribution is -2.13. The molecule has 0 spiro atoms. The van der Waals surface area contributed by atoms with Crippen molar-refractivity contribution in [3.63, 3.8) is 0 Å². The third-order valence-corrected chi connectivity index (χ3v) is 2.57. The van der Waals surface area contributed by atoms with Crippen LogP contribution in [0.5, 0.6) is 5.75 Å². The van der Waals surface area contributed by atoms with E-state index in [1.165, 1.54) is 0 Å². The van der Waals surface area contributed by atoms with E-state index in [1.807, 2.05) is 31.2 Å². The second-order valence-corrected chi connectivity index (χ2v) is 4.26. The summed E-state index contributed by atoms with van der Waals surface area (Å²) in [6, 6.07) is 8.01. The lowest BCUT2D eigenvalue weighted by Gasteiger charge is -2.05. The first kappa shape index (κ1) is 14.3. The molecule has 0 aliphatic rings. The molecule has 0 unspecified atom stereocenters. The molecule has 0 saturated heterocycles. The summed E-state index contributed by atoms with van der Waals surface area (Å²) < 4.78 is 10.9. The van der Waals surface area contributed by atoms with E-state index < -0.39 is 0 Å². The summed E-state index contributed by atoms with van der Waals surface area (Å²) >= 11 is 0. The van der Waals surface area contributed by atoms with Crippen LogP contribution in [0, 0.1) is 0 Å². The van der Waals surface area contributed by atoms with Crippen LogP contribution in [0.25, 0.3) is 0 Å². The molecule has 0 atom stereocenters. The van der Waals surface area contributed by atoms with E-state index in [9.17, 15) is 0 Å². The van der Waals surface area contributed by atoms with E-state index >= 15 is 0 Å². The van der Waals surface area contributed by atoms with Gasteiger partial charge in [-0.15, -0.1) is 5.10 Å². The maximum atomic E-state index is 5.50. The van der Waals surface area contributed by atoms with Crippen LogP contribution < -0.4 is 15.4 Å². The van der Waals surface area contributed by atoms with Crippen LogP contribution in [0.3, 0.4) is 0 Å². The zero-order valence-electron chi connectivity index (χ0n) is 11.8. The Morgan fingerprint density at radius 3 is 2.95 bits per heavy atom. The van der Waals surface area contributed by atoms with Crippen molar-refractivity contribution in [1.29, 1.82) is 0 Å². The number of hydrogen-bond donors (Lipinski definition) is 2. The van der Waals surface area contributed by atoms with E-state index in [2.05, 4.69) is 27.8 Å². The second kappa shape index (κ2) is 7.49. The van der Waals surface area contributed by atoms with Gasteiger partial charge in [0.1, 0.15) is 5.75 Å². The van der Waals surface area contributed by atoms with Gasteiger partial charge in [0.15, 0.2) is 0 Å². The minimum Gasteiger partial charge on any atom is -0.494 e. The smallest absolute Gasteiger partial charge is 0.320 e. The fraction of sp³-hybridized carbons (Fsp3) is 0.429. The second-order valence-electron chi connectivity index (χ2n) is 4.26. The molecule has 0 aliphatic heterocycles. The van der Waals surface area contributed by atoms with Crippen molar-refractivity contribution in [3.05, 3.63) is 30.2 Å². The Balaban J connectivity index is 1.94. The molecule has 0 bridgehead atoms. The SMILES string of the molecule is CCCNCc1nnc(Nc2cccc(OCC)c2)o1. The summed E-state index contributed by atoms with van der Waals surface area (Å²) in [7, 11) is 0. The van der Waals surface area contributed by atoms with Crippen molar-refractivity contribution < 1.29 is 9.15 Å². The number of hydrogen-bond acceptors (Lipinski definition) is 6. The molecule has 0 saturated carbocycles. The van der Waals surface area contributed by atoms with Gasteiger partial charge >= 0.3 is 6.01 Å². The maximum absolute atomic E-state index is 5.50. The first-order valence-electron chi connectivity index (χ1n) is 6.84. The quantitative estimate of drug-likeness (QED) is 0.722. The molecule has 6 heteroatoms. The Bertz CT molecular complexity index is 527. The Morgan fingerprint density at radius 1 is 1.25 bits per heavy atom. The molecule has 2 N–H and O–H groups in total. The van der Waals surface area contributed by atoms with Crippen molar-refractivity contribution in [2.24, 2.45) is 0 Å². The van der Waals surface area contributed by atoms with Gasteiger partial charge in [-0.25, -0.2) is 0 Å². The third-order valence-electron chi connectivity index (χ3n) is 2.57. The van der Waals surface area contributed by atoms with E-state index in [1.54, 1.807) is 0 Å². The normalized spacial score (nSPS) is 10.5. The fourth-order valence-electron chi connectivity index (χ4n) is 1.70. The molecule has 2 rings (SSSR count). The van der Waals surface area contributed by atoms with Gasteiger partial charge in [0.2, 0.25) is 5.89 Å². The molecular formula is C14H20N4O2. The van der Waals surface area contributed by atoms with Gasteiger partial charge in [0.25, 0.3) is 0 Å². The highest BCUT2D eigenvalue weighted by Gasteiger charge is 2.06. The molecule has 0 aliphatic carbocycles. The van der Waals surface area contributed by atoms with Gasteiger partial charge < -0.3 is 19.8 Å². The number of nitrogens with zero attached hydrogens (tertiary/aromatic N) is 2. The molecule has 0 radical (unpaired) electrons. The zero-order chi connectivity index (χ0) is 14.2. The Kier molecular flexibility index (Phi) is 5.37. The van der Waals surface area contributed by atoms with Gasteiger partial charge in [-0.05, 0) is 32.0 Å². The molecular weight excluding hydrogens is 256 g/mol. The summed E-state index contributed by atoms with van der Waals surface area (Å²) in [5.74, 6) is 1.38. The van der Waals surface area contributed by atoms with Gasteiger partial charge in [-0.1, -0.05) is 18.1 Å². The Labute approximate surface area is 118 Å². The molecule has 1 heterocycles. The van der Waals surface area contributed by atoms with Gasteiger partial charge in [0.05, 0.1) is 13.2 Å². The Morgan fingerprint density at radius 2 is 2.15 bits per heavy atom. The lowest BCUT2D eigenvalue weighted by atomic mass is 10.3. The molecule has 108 valence electrons. The van der Waals surface area contributed by atoms with Crippen molar-refractivity contribution in [2.75, 3.05) is 18.5 Å². The minimum absolute atomic E-state index is 0.381. The number of aromatic nitrogens is 2. The zero-order valence-corrected chi connectivity index (χ0v) is 11.8. The lowest BCUT2D eigenvalue weighted by molar-refractivity contribution is 0.340. The summed E-state index contributed by atoms with van der Waals surface area (Å²) in [4.78, 5) is 0. The first-order chi connectivity index (χ1) is 9.81. The van der Waals surface area contributed by atoms with Crippen molar-refractivity contribution in [1.82, 2.24) is 15.5 Å². The summed E-state index contributed by atoms with van der Waals surface area (Å²) in [5, 5.41) is 14.2. The highest BCUT2D eigenvalue weighted by atomic mass is 16.5. The topological polar surface area (TPSA) is 72.2 Å². The average molecular weight is 276 g/mol. The Hall–Kier alpha value is -2.08. The van der Waals surface area contributed by atoms with Crippen LogP contribution in [0.15, 0.2) is 28.7 Å². The van der Waals surface area contributed by atoms with E-state index in [0.29, 0.717) is 25.1 Å². The molecule has 1 aromatic carbocycles. The van der Waals surface area contributed by atoms with Crippen molar-refractivity contribution >= 4 is 11.7 Å². The van der Waals surface area contributed by atoms with Gasteiger partial charge in [0, 0.05) is 11.8 Å². The highest BCUT2D eigenvalue weighted by molar-refractivity contribution is 5.54. The number of nitrogens with one attached hydrogen (secondary N) is 2. The van der Waals surface area contributed by atoms with Gasteiger partial charge in [-0.2, -0.15) is 0 Å². The number of benzene rings is 1. The highest BCUT2D eigenvalue weighted by Crippen LogP contribution is 2.20. The summed E-state index contributed by atoms with van der Waals surface area (Å²) in [6.07, 6.45) is 1.07. The molecule has 1 aromatic heterocycles. The van der Waals surface area contributed by atoms with Crippen LogP contribution in [0.2, 0.25) is 0 Å². The van der Waals surface area contributed by atoms with Crippen LogP contribution in [0.4, 0.5) is 11.7 Å². The third kappa shape index (κ3) is 4.24. The van der Waals surface area contributed by atoms with Crippen molar-refractivity contribution in [2.45, 2.75) is 26.8 Å². The fourth-order valence-corrected chi connectivity index (χ4v) is 1.70. The van der Waals surface area contributed by atoms with Gasteiger partial charge in [-0.3, -0.25) is 0 Å². The molecule has 0 amide bonds. The summed E-state index contributed by atoms with van der Waals surface area (Å²) in [5.41, 5.74) is 0.854. The van der Waals surface area contributed by atoms with Crippen LogP contribution in [-0.4, -0.2) is 23.3 Å². The standard InChI is InChI=1S/C14H20N4O2/c1-3-8-15-10-13-17-18-14(20-13)16-11-6-5-7-12(9-11)19-4-2/h5-7,9,15H,3-4,8,10H2,1-2H3,(H,16,18). The van der Waals surface area contributed by atoms with E-state index in [-0.39, 0.29) is 0 Å². The maximum Gasteiger partial charge on any atom is 0.320 e. The average Bonchev–Trinajstić information content (AvgIpc) is 2.87. The predicted molar refractivity (Wildman–Crippen MR) is 77.2 cm³/mol. The number of rotatable bonds is 8. The minimum atomic E-state index is 0.381. The molecule has 2 aromatic rings. The van der Waals surface area contributed by atoms with Crippen LogP contribution in [-0.2, 0) is 6.54 Å². The number of ether oxygens (including phenoxy) is 1. The monoisotopic (exact) mass is 276 g/mol. The van der Waals surface area contributed by atoms with E-state index in [0.717, 1.165) is 24.4 Å². The predicted octanol–water partition coefficient (Wildman–Crippen LogP) is 2.71. The molecule has 20 heavy (non-hydrogen) atoms. The van der Waals surface area contributed by atoms with Crippen LogP contribution >= 0.6 is 0 Å². The van der Waals surface area contributed by atoms with Crippen molar-refractivity contribution in [3.8, 4) is 5.75 Å². The number of anilines is 2. The summed E-state index contributed by atoms with van der Waals surface area (Å²) in [6.45, 7) is 6.22. The molecule has 6 nitrogen and oxygen atoms in total. The first-order valence-corrected chi connectivity index (χ1v) is 6.84.